The number of aromatic nitrogens is 2. The number of halogens is 1. The molecule has 0 saturated carbocycles. The number of aryl methyl sites for hydroxylation is 1. The van der Waals surface area contributed by atoms with E-state index >= 15 is 0 Å². The standard InChI is InChI=1S/C24H27FN4O2/c1-15(2)22(30)24(31)28-12-13-29-20(14-28)27-21(17-6-8-18(25)9-7-17)23(29)26-19-10-4-16(3)5-11-19/h4-11,15,22,26,30H,12-14H2,1-3H3. The maximum Gasteiger partial charge on any atom is 0.252 e. The molecule has 0 radical (unpaired) electrons. The summed E-state index contributed by atoms with van der Waals surface area (Å²) in [6.45, 7) is 7.02. The van der Waals surface area contributed by atoms with E-state index in [4.69, 9.17) is 4.98 Å². The maximum atomic E-state index is 13.5. The molecule has 31 heavy (non-hydrogen) atoms. The van der Waals surface area contributed by atoms with Gasteiger partial charge in [-0.2, -0.15) is 0 Å². The van der Waals surface area contributed by atoms with Crippen LogP contribution in [0, 0.1) is 18.7 Å². The van der Waals surface area contributed by atoms with Crippen molar-refractivity contribution < 1.29 is 14.3 Å². The Balaban J connectivity index is 1.71. The first-order valence-electron chi connectivity index (χ1n) is 10.5. The lowest BCUT2D eigenvalue weighted by molar-refractivity contribution is -0.144. The molecule has 162 valence electrons. The van der Waals surface area contributed by atoms with Crippen molar-refractivity contribution in [2.75, 3.05) is 11.9 Å². The van der Waals surface area contributed by atoms with Gasteiger partial charge in [-0.15, -0.1) is 0 Å². The fraction of sp³-hybridized carbons (Fsp3) is 0.333. The molecule has 2 heterocycles. The molecule has 2 N–H and O–H groups in total. The number of carbonyl (C=O) groups is 1. The van der Waals surface area contributed by atoms with Crippen molar-refractivity contribution in [3.05, 3.63) is 65.7 Å². The van der Waals surface area contributed by atoms with E-state index < -0.39 is 6.10 Å². The van der Waals surface area contributed by atoms with Crippen molar-refractivity contribution >= 4 is 17.4 Å². The second-order valence-electron chi connectivity index (χ2n) is 8.32. The molecule has 1 unspecified atom stereocenters. The third-order valence-corrected chi connectivity index (χ3v) is 5.60. The molecule has 2 aromatic carbocycles. The highest BCUT2D eigenvalue weighted by Crippen LogP contribution is 2.33. The number of fused-ring (bicyclic) bond motifs is 1. The second-order valence-corrected chi connectivity index (χ2v) is 8.32. The van der Waals surface area contributed by atoms with Gasteiger partial charge in [0.1, 0.15) is 29.3 Å². The smallest absolute Gasteiger partial charge is 0.252 e. The van der Waals surface area contributed by atoms with E-state index in [-0.39, 0.29) is 17.6 Å². The van der Waals surface area contributed by atoms with E-state index in [0.29, 0.717) is 25.3 Å². The maximum absolute atomic E-state index is 13.5. The van der Waals surface area contributed by atoms with Crippen molar-refractivity contribution in [1.29, 1.82) is 0 Å². The fourth-order valence-electron chi connectivity index (χ4n) is 3.70. The van der Waals surface area contributed by atoms with Crippen LogP contribution in [0.25, 0.3) is 11.3 Å². The van der Waals surface area contributed by atoms with Crippen LogP contribution in [0.4, 0.5) is 15.9 Å². The summed E-state index contributed by atoms with van der Waals surface area (Å²) < 4.78 is 15.5. The van der Waals surface area contributed by atoms with Crippen LogP contribution in [-0.4, -0.2) is 38.1 Å². The predicted molar refractivity (Wildman–Crippen MR) is 118 cm³/mol. The van der Waals surface area contributed by atoms with E-state index in [0.717, 1.165) is 28.5 Å². The fourth-order valence-corrected chi connectivity index (χ4v) is 3.70. The number of benzene rings is 2. The van der Waals surface area contributed by atoms with Crippen LogP contribution in [0.3, 0.4) is 0 Å². The van der Waals surface area contributed by atoms with Gasteiger partial charge < -0.3 is 19.9 Å². The Hall–Kier alpha value is -3.19. The van der Waals surface area contributed by atoms with E-state index in [1.54, 1.807) is 17.0 Å². The number of rotatable bonds is 5. The van der Waals surface area contributed by atoms with Crippen LogP contribution in [0.5, 0.6) is 0 Å². The molecule has 7 heteroatoms. The highest BCUT2D eigenvalue weighted by Gasteiger charge is 2.31. The number of imidazole rings is 1. The number of anilines is 2. The minimum Gasteiger partial charge on any atom is -0.383 e. The number of carbonyl (C=O) groups excluding carboxylic acids is 1. The van der Waals surface area contributed by atoms with Crippen LogP contribution in [-0.2, 0) is 17.9 Å². The Labute approximate surface area is 181 Å². The van der Waals surface area contributed by atoms with E-state index in [1.165, 1.54) is 12.1 Å². The second kappa shape index (κ2) is 8.51. The Bertz CT molecular complexity index is 1070. The quantitative estimate of drug-likeness (QED) is 0.650. The Morgan fingerprint density at radius 1 is 1.10 bits per heavy atom. The molecule has 0 aliphatic carbocycles. The zero-order valence-corrected chi connectivity index (χ0v) is 18.0. The Morgan fingerprint density at radius 2 is 1.77 bits per heavy atom. The lowest BCUT2D eigenvalue weighted by Crippen LogP contribution is -2.45. The zero-order chi connectivity index (χ0) is 22.1. The van der Waals surface area contributed by atoms with Gasteiger partial charge in [-0.05, 0) is 49.2 Å². The highest BCUT2D eigenvalue weighted by molar-refractivity contribution is 5.81. The van der Waals surface area contributed by atoms with Gasteiger partial charge in [0.15, 0.2) is 0 Å². The molecule has 6 nitrogen and oxygen atoms in total. The number of nitrogens with one attached hydrogen (secondary N) is 1. The number of amides is 1. The van der Waals surface area contributed by atoms with Crippen LogP contribution in [0.15, 0.2) is 48.5 Å². The topological polar surface area (TPSA) is 70.4 Å². The first-order valence-corrected chi connectivity index (χ1v) is 10.5. The number of hydrogen-bond acceptors (Lipinski definition) is 4. The average molecular weight is 423 g/mol. The molecular formula is C24H27FN4O2. The highest BCUT2D eigenvalue weighted by atomic mass is 19.1. The summed E-state index contributed by atoms with van der Waals surface area (Å²) in [5.41, 5.74) is 3.58. The van der Waals surface area contributed by atoms with Gasteiger partial charge in [0.05, 0.1) is 6.54 Å². The van der Waals surface area contributed by atoms with E-state index in [2.05, 4.69) is 9.88 Å². The number of aliphatic hydroxyl groups is 1. The average Bonchev–Trinajstić information content (AvgIpc) is 3.12. The summed E-state index contributed by atoms with van der Waals surface area (Å²) in [5.74, 6) is 0.801. The van der Waals surface area contributed by atoms with Crippen molar-refractivity contribution in [3.8, 4) is 11.3 Å². The molecule has 1 aliphatic rings. The summed E-state index contributed by atoms with van der Waals surface area (Å²) in [7, 11) is 0. The summed E-state index contributed by atoms with van der Waals surface area (Å²) in [6.07, 6.45) is -1.02. The lowest BCUT2D eigenvalue weighted by Gasteiger charge is -2.31. The van der Waals surface area contributed by atoms with Crippen molar-refractivity contribution in [2.24, 2.45) is 5.92 Å². The van der Waals surface area contributed by atoms with Crippen LogP contribution >= 0.6 is 0 Å². The van der Waals surface area contributed by atoms with Gasteiger partial charge in [-0.1, -0.05) is 31.5 Å². The predicted octanol–water partition coefficient (Wildman–Crippen LogP) is 4.10. The minimum atomic E-state index is -1.02. The van der Waals surface area contributed by atoms with Gasteiger partial charge in [0.25, 0.3) is 5.91 Å². The first kappa shape index (κ1) is 21.1. The van der Waals surface area contributed by atoms with Crippen LogP contribution in [0.2, 0.25) is 0 Å². The number of nitrogens with zero attached hydrogens (tertiary/aromatic N) is 3. The number of hydrogen-bond donors (Lipinski definition) is 2. The molecule has 4 rings (SSSR count). The zero-order valence-electron chi connectivity index (χ0n) is 18.0. The minimum absolute atomic E-state index is 0.150. The van der Waals surface area contributed by atoms with Crippen molar-refractivity contribution in [1.82, 2.24) is 14.5 Å². The number of aliphatic hydroxyl groups excluding tert-OH is 1. The Kier molecular flexibility index (Phi) is 5.78. The van der Waals surface area contributed by atoms with E-state index in [9.17, 15) is 14.3 Å². The summed E-state index contributed by atoms with van der Waals surface area (Å²) in [6, 6.07) is 14.3. The molecule has 1 atom stereocenters. The van der Waals surface area contributed by atoms with Crippen molar-refractivity contribution in [3.63, 3.8) is 0 Å². The molecule has 0 spiro atoms. The van der Waals surface area contributed by atoms with Crippen molar-refractivity contribution in [2.45, 2.75) is 40.0 Å². The van der Waals surface area contributed by atoms with Gasteiger partial charge in [0, 0.05) is 24.3 Å². The SMILES string of the molecule is Cc1ccc(Nc2c(-c3ccc(F)cc3)nc3n2CCN(C(=O)C(O)C(C)C)C3)cc1. The largest absolute Gasteiger partial charge is 0.383 e. The Morgan fingerprint density at radius 3 is 2.42 bits per heavy atom. The van der Waals surface area contributed by atoms with Gasteiger partial charge in [0.2, 0.25) is 0 Å². The molecule has 0 saturated heterocycles. The molecular weight excluding hydrogens is 395 g/mol. The molecule has 1 amide bonds. The molecule has 1 aliphatic heterocycles. The summed E-state index contributed by atoms with van der Waals surface area (Å²) in [4.78, 5) is 19.1. The summed E-state index contributed by atoms with van der Waals surface area (Å²) >= 11 is 0. The van der Waals surface area contributed by atoms with Gasteiger partial charge in [-0.25, -0.2) is 9.37 Å². The van der Waals surface area contributed by atoms with E-state index in [1.807, 2.05) is 45.0 Å². The molecule has 1 aromatic heterocycles. The molecule has 3 aromatic rings. The van der Waals surface area contributed by atoms with Gasteiger partial charge >= 0.3 is 0 Å². The molecule has 0 fully saturated rings. The normalized spacial score (nSPS) is 14.5. The summed E-state index contributed by atoms with van der Waals surface area (Å²) in [5, 5.41) is 13.7. The third-order valence-electron chi connectivity index (χ3n) is 5.60. The van der Waals surface area contributed by atoms with Crippen LogP contribution < -0.4 is 5.32 Å². The lowest BCUT2D eigenvalue weighted by atomic mass is 10.1. The van der Waals surface area contributed by atoms with Crippen LogP contribution in [0.1, 0.15) is 25.2 Å². The monoisotopic (exact) mass is 422 g/mol. The van der Waals surface area contributed by atoms with Gasteiger partial charge in [-0.3, -0.25) is 4.79 Å². The third kappa shape index (κ3) is 4.32. The first-order chi connectivity index (χ1) is 14.8. The molecule has 0 bridgehead atoms.